The van der Waals surface area contributed by atoms with E-state index in [9.17, 15) is 18.0 Å². The van der Waals surface area contributed by atoms with Crippen molar-refractivity contribution in [1.29, 1.82) is 0 Å². The minimum Gasteiger partial charge on any atom is -0.477 e. The minimum atomic E-state index is -4.50. The molecule has 6 heterocycles. The van der Waals surface area contributed by atoms with Crippen molar-refractivity contribution in [1.82, 2.24) is 25.2 Å². The Morgan fingerprint density at radius 1 is 1.12 bits per heavy atom. The first kappa shape index (κ1) is 28.4. The van der Waals surface area contributed by atoms with Crippen LogP contribution in [0.15, 0.2) is 48.8 Å². The summed E-state index contributed by atoms with van der Waals surface area (Å²) < 4.78 is 47.5. The van der Waals surface area contributed by atoms with Gasteiger partial charge in [0.05, 0.1) is 23.4 Å². The van der Waals surface area contributed by atoms with Gasteiger partial charge in [0.2, 0.25) is 5.88 Å². The molecule has 3 aliphatic heterocycles. The molecule has 0 saturated carbocycles. The molecule has 3 aromatic rings. The van der Waals surface area contributed by atoms with Crippen LogP contribution >= 0.6 is 0 Å². The number of nitrogens with zero attached hydrogens (tertiary/aromatic N) is 5. The van der Waals surface area contributed by atoms with E-state index in [4.69, 9.17) is 9.72 Å². The summed E-state index contributed by atoms with van der Waals surface area (Å²) in [5.74, 6) is 0.297. The number of hydrogen-bond acceptors (Lipinski definition) is 7. The Balaban J connectivity index is 1.43. The van der Waals surface area contributed by atoms with Gasteiger partial charge in [0.25, 0.3) is 5.91 Å². The normalized spacial score (nSPS) is 24.3. The van der Waals surface area contributed by atoms with Gasteiger partial charge in [0.1, 0.15) is 11.5 Å². The number of amides is 1. The number of anilines is 1. The van der Waals surface area contributed by atoms with Crippen LogP contribution in [-0.2, 0) is 11.6 Å². The summed E-state index contributed by atoms with van der Waals surface area (Å²) in [4.78, 5) is 31.3. The summed E-state index contributed by atoms with van der Waals surface area (Å²) in [5, 5.41) is 3.38. The standard InChI is InChI=1S/C31H35F3N6O2/c1-3-20-18-39(27-24(31(32,33)34)8-6-13-36-27)16-12-30(20)19-40(21-11-15-35-17-21)29(41)26-23(30)9-10-25(38-26)22-7-5-14-37-28(22)42-4-2/h5-10,13-14,20-21,35H,3-4,11-12,15-19H2,1-2H3/t20-,21-,30+/m1/s1. The highest BCUT2D eigenvalue weighted by Gasteiger charge is 2.52. The molecule has 0 radical (unpaired) electrons. The van der Waals surface area contributed by atoms with E-state index in [1.807, 2.05) is 36.1 Å². The fourth-order valence-electron chi connectivity index (χ4n) is 7.02. The number of rotatable bonds is 6. The first-order valence-corrected chi connectivity index (χ1v) is 14.7. The Morgan fingerprint density at radius 3 is 2.67 bits per heavy atom. The number of hydrogen-bond donors (Lipinski definition) is 1. The van der Waals surface area contributed by atoms with Crippen LogP contribution in [0.2, 0.25) is 0 Å². The molecular weight excluding hydrogens is 545 g/mol. The fraction of sp³-hybridized carbons (Fsp3) is 0.484. The van der Waals surface area contributed by atoms with Gasteiger partial charge in [0.15, 0.2) is 0 Å². The van der Waals surface area contributed by atoms with Gasteiger partial charge in [-0.3, -0.25) is 4.79 Å². The van der Waals surface area contributed by atoms with Gasteiger partial charge in [-0.2, -0.15) is 13.2 Å². The van der Waals surface area contributed by atoms with Crippen molar-refractivity contribution in [3.63, 3.8) is 0 Å². The van der Waals surface area contributed by atoms with E-state index in [-0.39, 0.29) is 23.7 Å². The summed E-state index contributed by atoms with van der Waals surface area (Å²) >= 11 is 0. The number of piperidine rings is 1. The molecule has 3 atom stereocenters. The van der Waals surface area contributed by atoms with Crippen LogP contribution in [-0.4, -0.2) is 71.1 Å². The molecule has 0 unspecified atom stereocenters. The summed E-state index contributed by atoms with van der Waals surface area (Å²) in [6.07, 6.45) is 0.735. The van der Waals surface area contributed by atoms with Crippen LogP contribution < -0.4 is 15.0 Å². The summed E-state index contributed by atoms with van der Waals surface area (Å²) in [6, 6.07) is 10.1. The molecule has 3 aliphatic rings. The van der Waals surface area contributed by atoms with Crippen LogP contribution in [0.25, 0.3) is 11.3 Å². The number of ether oxygens (including phenoxy) is 1. The van der Waals surface area contributed by atoms with Crippen molar-refractivity contribution in [3.05, 3.63) is 65.6 Å². The van der Waals surface area contributed by atoms with E-state index >= 15 is 0 Å². The van der Waals surface area contributed by atoms with Crippen molar-refractivity contribution >= 4 is 11.7 Å². The van der Waals surface area contributed by atoms with Crippen molar-refractivity contribution in [2.24, 2.45) is 5.92 Å². The van der Waals surface area contributed by atoms with Crippen LogP contribution in [0.3, 0.4) is 0 Å². The third kappa shape index (κ3) is 4.87. The molecule has 1 amide bonds. The molecule has 2 fully saturated rings. The smallest absolute Gasteiger partial charge is 0.419 e. The van der Waals surface area contributed by atoms with Crippen LogP contribution in [0.4, 0.5) is 19.0 Å². The van der Waals surface area contributed by atoms with Gasteiger partial charge in [-0.15, -0.1) is 0 Å². The highest BCUT2D eigenvalue weighted by atomic mass is 19.4. The van der Waals surface area contributed by atoms with Crippen molar-refractivity contribution < 1.29 is 22.7 Å². The Hall–Kier alpha value is -3.73. The molecule has 6 rings (SSSR count). The van der Waals surface area contributed by atoms with E-state index in [2.05, 4.69) is 22.2 Å². The zero-order chi connectivity index (χ0) is 29.5. The van der Waals surface area contributed by atoms with Gasteiger partial charge in [-0.05, 0) is 68.1 Å². The molecule has 0 aliphatic carbocycles. The zero-order valence-corrected chi connectivity index (χ0v) is 23.8. The highest BCUT2D eigenvalue weighted by molar-refractivity contribution is 5.96. The Kier molecular flexibility index (Phi) is 7.55. The summed E-state index contributed by atoms with van der Waals surface area (Å²) in [5.41, 5.74) is 1.44. The lowest BCUT2D eigenvalue weighted by molar-refractivity contribution is -0.137. The molecule has 0 bridgehead atoms. The highest BCUT2D eigenvalue weighted by Crippen LogP contribution is 2.48. The minimum absolute atomic E-state index is 0.0249. The number of alkyl halides is 3. The third-order valence-electron chi connectivity index (χ3n) is 9.09. The molecule has 0 aromatic carbocycles. The molecule has 1 spiro atoms. The number of nitrogens with one attached hydrogen (secondary N) is 1. The number of halogens is 3. The molecule has 222 valence electrons. The molecule has 42 heavy (non-hydrogen) atoms. The van der Waals surface area contributed by atoms with E-state index in [0.29, 0.717) is 62.0 Å². The van der Waals surface area contributed by atoms with E-state index in [0.717, 1.165) is 31.0 Å². The third-order valence-corrected chi connectivity index (χ3v) is 9.09. The number of carbonyl (C=O) groups excluding carboxylic acids is 1. The zero-order valence-electron chi connectivity index (χ0n) is 23.8. The monoisotopic (exact) mass is 580 g/mol. The van der Waals surface area contributed by atoms with E-state index in [1.165, 1.54) is 12.3 Å². The van der Waals surface area contributed by atoms with Gasteiger partial charge in [-0.1, -0.05) is 19.4 Å². The topological polar surface area (TPSA) is 83.5 Å². The average Bonchev–Trinajstić information content (AvgIpc) is 3.54. The first-order valence-electron chi connectivity index (χ1n) is 14.7. The SMILES string of the molecule is CCOc1ncccc1-c1ccc2c(n1)C(=O)N([C@@H]1CCNC1)C[C@]21CCN(c2ncccc2C(F)(F)F)C[C@H]1CC. The number of aromatic nitrogens is 3. The maximum absolute atomic E-state index is 14.1. The number of carbonyl (C=O) groups is 1. The van der Waals surface area contributed by atoms with Crippen LogP contribution in [0.5, 0.6) is 5.88 Å². The molecule has 2 saturated heterocycles. The van der Waals surface area contributed by atoms with Crippen molar-refractivity contribution in [3.8, 4) is 17.1 Å². The lowest BCUT2D eigenvalue weighted by Crippen LogP contribution is -2.61. The average molecular weight is 581 g/mol. The predicted molar refractivity (Wildman–Crippen MR) is 152 cm³/mol. The lowest BCUT2D eigenvalue weighted by atomic mass is 9.62. The number of pyridine rings is 3. The molecule has 8 nitrogen and oxygen atoms in total. The second-order valence-corrected chi connectivity index (χ2v) is 11.3. The lowest BCUT2D eigenvalue weighted by Gasteiger charge is -2.53. The molecule has 11 heteroatoms. The van der Waals surface area contributed by atoms with Crippen molar-refractivity contribution in [2.45, 2.75) is 50.7 Å². The van der Waals surface area contributed by atoms with E-state index < -0.39 is 17.2 Å². The molecule has 1 N–H and O–H groups in total. The maximum Gasteiger partial charge on any atom is 0.419 e. The van der Waals surface area contributed by atoms with Gasteiger partial charge >= 0.3 is 6.18 Å². The number of fused-ring (bicyclic) bond motifs is 2. The largest absolute Gasteiger partial charge is 0.477 e. The molecule has 3 aromatic heterocycles. The van der Waals surface area contributed by atoms with Crippen molar-refractivity contribution in [2.75, 3.05) is 44.2 Å². The maximum atomic E-state index is 14.1. The fourth-order valence-corrected chi connectivity index (χ4v) is 7.02. The summed E-state index contributed by atoms with van der Waals surface area (Å²) in [7, 11) is 0. The second kappa shape index (κ2) is 11.2. The quantitative estimate of drug-likeness (QED) is 0.442. The van der Waals surface area contributed by atoms with E-state index in [1.54, 1.807) is 11.1 Å². The van der Waals surface area contributed by atoms with Crippen LogP contribution in [0, 0.1) is 5.92 Å². The second-order valence-electron chi connectivity index (χ2n) is 11.3. The Morgan fingerprint density at radius 2 is 1.93 bits per heavy atom. The molecular formula is C31H35F3N6O2. The van der Waals surface area contributed by atoms with Gasteiger partial charge in [-0.25, -0.2) is 15.0 Å². The first-order chi connectivity index (χ1) is 20.3. The Labute approximate surface area is 243 Å². The van der Waals surface area contributed by atoms with Gasteiger partial charge in [0, 0.05) is 50.0 Å². The Bertz CT molecular complexity index is 1460. The van der Waals surface area contributed by atoms with Gasteiger partial charge < -0.3 is 19.9 Å². The predicted octanol–water partition coefficient (Wildman–Crippen LogP) is 4.95. The van der Waals surface area contributed by atoms with Crippen LogP contribution in [0.1, 0.15) is 54.7 Å². The summed E-state index contributed by atoms with van der Waals surface area (Å²) in [6.45, 7) is 7.26.